The van der Waals surface area contributed by atoms with Crippen molar-refractivity contribution >= 4 is 28.3 Å². The Morgan fingerprint density at radius 3 is 2.67 bits per heavy atom. The molecule has 1 saturated heterocycles. The van der Waals surface area contributed by atoms with E-state index in [0.29, 0.717) is 43.0 Å². The number of nitrogens with zero attached hydrogens (tertiary/aromatic N) is 1. The Morgan fingerprint density at radius 1 is 1.00 bits per heavy atom. The highest BCUT2D eigenvalue weighted by Gasteiger charge is 2.18. The van der Waals surface area contributed by atoms with Gasteiger partial charge in [0.1, 0.15) is 12.4 Å². The van der Waals surface area contributed by atoms with E-state index in [9.17, 15) is 4.79 Å². The smallest absolute Gasteiger partial charge is 0.258 e. The molecule has 1 aliphatic heterocycles. The minimum absolute atomic E-state index is 0.213. The number of carbonyl (C=O) groups excluding carboxylic acids is 1. The van der Waals surface area contributed by atoms with Crippen LogP contribution in [0.1, 0.15) is 28.8 Å². The number of hydrogen-bond acceptors (Lipinski definition) is 6. The maximum absolute atomic E-state index is 13.1. The maximum atomic E-state index is 13.1. The van der Waals surface area contributed by atoms with Crippen LogP contribution in [-0.2, 0) is 16.1 Å². The molecule has 0 saturated carbocycles. The average molecular weight is 487 g/mol. The lowest BCUT2D eigenvalue weighted by molar-refractivity contribution is 0.0889. The highest BCUT2D eigenvalue weighted by Crippen LogP contribution is 2.26. The van der Waals surface area contributed by atoms with Crippen molar-refractivity contribution in [2.24, 2.45) is 0 Å². The molecule has 3 aromatic carbocycles. The third kappa shape index (κ3) is 6.02. The van der Waals surface area contributed by atoms with Crippen LogP contribution in [0.25, 0.3) is 10.9 Å². The lowest BCUT2D eigenvalue weighted by atomic mass is 10.1. The minimum Gasteiger partial charge on any atom is -0.491 e. The van der Waals surface area contributed by atoms with Gasteiger partial charge in [0.2, 0.25) is 0 Å². The van der Waals surface area contributed by atoms with Crippen molar-refractivity contribution in [1.82, 2.24) is 10.2 Å². The van der Waals surface area contributed by atoms with E-state index >= 15 is 0 Å². The van der Waals surface area contributed by atoms with Gasteiger partial charge < -0.3 is 24.8 Å². The number of aromatic amines is 1. The van der Waals surface area contributed by atoms with Crippen LogP contribution in [-0.4, -0.2) is 48.6 Å². The molecular formula is C28H30N4O4. The van der Waals surface area contributed by atoms with Crippen molar-refractivity contribution in [3.05, 3.63) is 83.9 Å². The normalized spacial score (nSPS) is 14.0. The van der Waals surface area contributed by atoms with E-state index in [2.05, 4.69) is 20.8 Å². The van der Waals surface area contributed by atoms with Crippen molar-refractivity contribution in [3.63, 3.8) is 0 Å². The molecule has 1 fully saturated rings. The summed E-state index contributed by atoms with van der Waals surface area (Å²) in [6, 6.07) is 23.5. The molecule has 0 spiro atoms. The fraction of sp³-hybridized carbons (Fsp3) is 0.286. The van der Waals surface area contributed by atoms with Gasteiger partial charge in [-0.15, -0.1) is 0 Å². The van der Waals surface area contributed by atoms with Crippen molar-refractivity contribution < 1.29 is 19.0 Å². The van der Waals surface area contributed by atoms with Crippen LogP contribution in [0.4, 0.5) is 11.5 Å². The van der Waals surface area contributed by atoms with Crippen LogP contribution in [0, 0.1) is 0 Å². The molecular weight excluding hydrogens is 456 g/mol. The number of benzene rings is 3. The summed E-state index contributed by atoms with van der Waals surface area (Å²) in [7, 11) is 0. The Balaban J connectivity index is 1.17. The van der Waals surface area contributed by atoms with Crippen LogP contribution in [0.5, 0.6) is 5.75 Å². The zero-order valence-electron chi connectivity index (χ0n) is 20.0. The Morgan fingerprint density at radius 2 is 1.81 bits per heavy atom. The molecule has 36 heavy (non-hydrogen) atoms. The minimum atomic E-state index is -0.213. The Bertz CT molecular complexity index is 1290. The number of carbonyl (C=O) groups is 1. The summed E-state index contributed by atoms with van der Waals surface area (Å²) < 4.78 is 16.9. The van der Waals surface area contributed by atoms with Gasteiger partial charge in [-0.25, -0.2) is 0 Å². The summed E-state index contributed by atoms with van der Waals surface area (Å²) in [6.07, 6.45) is 1.84. The van der Waals surface area contributed by atoms with Crippen molar-refractivity contribution in [2.45, 2.75) is 25.5 Å². The molecule has 186 valence electrons. The summed E-state index contributed by atoms with van der Waals surface area (Å²) >= 11 is 0. The first-order valence-corrected chi connectivity index (χ1v) is 12.2. The third-order valence-corrected chi connectivity index (χ3v) is 6.13. The van der Waals surface area contributed by atoms with E-state index in [-0.39, 0.29) is 5.91 Å². The van der Waals surface area contributed by atoms with Crippen molar-refractivity contribution in [3.8, 4) is 5.75 Å². The molecule has 0 atom stereocenters. The van der Waals surface area contributed by atoms with Gasteiger partial charge in [0, 0.05) is 36.4 Å². The topological polar surface area (TPSA) is 97.5 Å². The number of H-pyrrole nitrogens is 1. The highest BCUT2D eigenvalue weighted by atomic mass is 16.5. The Hall–Kier alpha value is -3.88. The number of nitrogens with one attached hydrogen (secondary N) is 3. The molecule has 0 unspecified atom stereocenters. The number of ether oxygens (including phenoxy) is 3. The molecule has 0 aliphatic carbocycles. The maximum Gasteiger partial charge on any atom is 0.258 e. The largest absolute Gasteiger partial charge is 0.491 e. The number of para-hydroxylation sites is 1. The number of fused-ring (bicyclic) bond motifs is 1. The summed E-state index contributed by atoms with van der Waals surface area (Å²) in [5, 5.41) is 14.6. The molecule has 8 nitrogen and oxygen atoms in total. The number of anilines is 2. The number of amides is 1. The van der Waals surface area contributed by atoms with Gasteiger partial charge in [0.15, 0.2) is 5.82 Å². The molecule has 2 heterocycles. The molecule has 1 aromatic heterocycles. The SMILES string of the molecule is O=C(Nc1n[nH]c2cc(OCCOCc3ccccc3)ccc12)c1ccccc1NC1CCOCC1. The van der Waals surface area contributed by atoms with E-state index in [1.807, 2.05) is 72.8 Å². The molecule has 5 rings (SSSR count). The number of rotatable bonds is 10. The van der Waals surface area contributed by atoms with E-state index in [0.717, 1.165) is 48.2 Å². The van der Waals surface area contributed by atoms with Gasteiger partial charge in [-0.3, -0.25) is 9.89 Å². The second kappa shape index (κ2) is 11.7. The molecule has 0 bridgehead atoms. The van der Waals surface area contributed by atoms with Crippen molar-refractivity contribution in [1.29, 1.82) is 0 Å². The van der Waals surface area contributed by atoms with Gasteiger partial charge >= 0.3 is 0 Å². The van der Waals surface area contributed by atoms with Crippen LogP contribution in [0.2, 0.25) is 0 Å². The number of hydrogen-bond donors (Lipinski definition) is 3. The van der Waals surface area contributed by atoms with E-state index in [1.54, 1.807) is 0 Å². The van der Waals surface area contributed by atoms with Crippen LogP contribution < -0.4 is 15.4 Å². The second-order valence-electron chi connectivity index (χ2n) is 8.70. The average Bonchev–Trinajstić information content (AvgIpc) is 3.31. The second-order valence-corrected chi connectivity index (χ2v) is 8.70. The van der Waals surface area contributed by atoms with Crippen LogP contribution >= 0.6 is 0 Å². The molecule has 3 N–H and O–H groups in total. The Kier molecular flexibility index (Phi) is 7.75. The van der Waals surface area contributed by atoms with Gasteiger partial charge in [0.05, 0.1) is 24.3 Å². The van der Waals surface area contributed by atoms with Gasteiger partial charge in [-0.1, -0.05) is 42.5 Å². The lowest BCUT2D eigenvalue weighted by Crippen LogP contribution is -2.29. The molecule has 1 aliphatic rings. The van der Waals surface area contributed by atoms with Gasteiger partial charge in [-0.2, -0.15) is 5.10 Å². The highest BCUT2D eigenvalue weighted by molar-refractivity contribution is 6.10. The molecule has 4 aromatic rings. The lowest BCUT2D eigenvalue weighted by Gasteiger charge is -2.25. The zero-order chi connectivity index (χ0) is 24.6. The molecule has 8 heteroatoms. The fourth-order valence-corrected chi connectivity index (χ4v) is 4.21. The van der Waals surface area contributed by atoms with Gasteiger partial charge in [-0.05, 0) is 42.7 Å². The predicted molar refractivity (Wildman–Crippen MR) is 140 cm³/mol. The first-order chi connectivity index (χ1) is 17.8. The van der Waals surface area contributed by atoms with Crippen LogP contribution in [0.3, 0.4) is 0 Å². The predicted octanol–water partition coefficient (Wildman–Crippen LogP) is 5.00. The molecule has 0 radical (unpaired) electrons. The first-order valence-electron chi connectivity index (χ1n) is 12.2. The summed E-state index contributed by atoms with van der Waals surface area (Å²) in [5.41, 5.74) is 3.30. The summed E-state index contributed by atoms with van der Waals surface area (Å²) in [6.45, 7) is 2.95. The van der Waals surface area contributed by atoms with E-state index in [1.165, 1.54) is 0 Å². The standard InChI is InChI=1S/C28H30N4O4/c33-28(24-8-4-5-9-25(24)29-21-12-14-34-15-13-21)30-27-23-11-10-22(18-26(23)31-32-27)36-17-16-35-19-20-6-2-1-3-7-20/h1-11,18,21,29H,12-17,19H2,(H2,30,31,32,33). The number of aromatic nitrogens is 2. The zero-order valence-corrected chi connectivity index (χ0v) is 20.0. The summed E-state index contributed by atoms with van der Waals surface area (Å²) in [5.74, 6) is 0.974. The van der Waals surface area contributed by atoms with Crippen LogP contribution in [0.15, 0.2) is 72.8 Å². The first kappa shape index (κ1) is 23.8. The van der Waals surface area contributed by atoms with Crippen molar-refractivity contribution in [2.75, 3.05) is 37.1 Å². The monoisotopic (exact) mass is 486 g/mol. The molecule has 1 amide bonds. The van der Waals surface area contributed by atoms with Gasteiger partial charge in [0.25, 0.3) is 5.91 Å². The quantitative estimate of drug-likeness (QED) is 0.273. The van der Waals surface area contributed by atoms with E-state index < -0.39 is 0 Å². The fourth-order valence-electron chi connectivity index (χ4n) is 4.21. The Labute approximate surface area is 210 Å². The summed E-state index contributed by atoms with van der Waals surface area (Å²) in [4.78, 5) is 13.1. The third-order valence-electron chi connectivity index (χ3n) is 6.13. The van der Waals surface area contributed by atoms with E-state index in [4.69, 9.17) is 14.2 Å².